The smallest absolute Gasteiger partial charge is 0.228 e. The number of hydrogen-bond donors (Lipinski definition) is 4. The van der Waals surface area contributed by atoms with E-state index >= 15 is 0 Å². The summed E-state index contributed by atoms with van der Waals surface area (Å²) in [4.78, 5) is 8.39. The molecule has 0 radical (unpaired) electrons. The molecule has 0 aromatic heterocycles. The Balaban J connectivity index is 3.23. The number of nitrogens with zero attached hydrogens (tertiary/aromatic N) is 2. The molecule has 0 unspecified atom stereocenters. The molecule has 7 nitrogen and oxygen atoms in total. The van der Waals surface area contributed by atoms with Gasteiger partial charge in [0.15, 0.2) is 5.96 Å². The molecule has 0 amide bonds. The van der Waals surface area contributed by atoms with Crippen LogP contribution in [0.5, 0.6) is 0 Å². The van der Waals surface area contributed by atoms with Gasteiger partial charge in [-0.2, -0.15) is 0 Å². The van der Waals surface area contributed by atoms with Crippen LogP contribution < -0.4 is 22.9 Å². The van der Waals surface area contributed by atoms with Crippen molar-refractivity contribution in [2.45, 2.75) is 6.42 Å². The van der Waals surface area contributed by atoms with E-state index in [2.05, 4.69) is 15.0 Å². The monoisotopic (exact) mass is 174 g/mol. The Hall–Kier alpha value is -1.66. The molecule has 0 fully saturated rings. The van der Waals surface area contributed by atoms with Crippen LogP contribution in [-0.4, -0.2) is 25.1 Å². The highest BCUT2D eigenvalue weighted by Crippen LogP contribution is 1.83. The normalized spacial score (nSPS) is 8.67. The molecule has 0 rings (SSSR count). The van der Waals surface area contributed by atoms with Crippen molar-refractivity contribution < 1.29 is 4.84 Å². The molecule has 7 heteroatoms. The lowest BCUT2D eigenvalue weighted by atomic mass is 10.5. The number of guanidine groups is 2. The van der Waals surface area contributed by atoms with Gasteiger partial charge in [-0.05, 0) is 5.16 Å². The van der Waals surface area contributed by atoms with Crippen molar-refractivity contribution in [3.63, 3.8) is 0 Å². The van der Waals surface area contributed by atoms with Crippen molar-refractivity contribution in [1.82, 2.24) is 0 Å². The predicted octanol–water partition coefficient (Wildman–Crippen LogP) is -2.15. The van der Waals surface area contributed by atoms with Crippen LogP contribution in [0.2, 0.25) is 0 Å². The van der Waals surface area contributed by atoms with Gasteiger partial charge in [0.1, 0.15) is 6.61 Å². The molecular weight excluding hydrogens is 160 g/mol. The first-order valence-electron chi connectivity index (χ1n) is 3.39. The molecule has 0 aliphatic heterocycles. The fourth-order valence-electron chi connectivity index (χ4n) is 0.457. The van der Waals surface area contributed by atoms with Crippen molar-refractivity contribution in [3.05, 3.63) is 0 Å². The third-order valence-electron chi connectivity index (χ3n) is 0.858. The van der Waals surface area contributed by atoms with E-state index in [0.717, 1.165) is 0 Å². The molecule has 0 aromatic carbocycles. The van der Waals surface area contributed by atoms with Crippen LogP contribution >= 0.6 is 0 Å². The molecule has 0 saturated heterocycles. The summed E-state index contributed by atoms with van der Waals surface area (Å²) in [6.07, 6.45) is 0.661. The maximum absolute atomic E-state index is 5.07. The molecular formula is C5H14N6O. The van der Waals surface area contributed by atoms with Crippen LogP contribution in [0.15, 0.2) is 10.1 Å². The molecule has 0 spiro atoms. The molecule has 0 saturated carbocycles. The van der Waals surface area contributed by atoms with E-state index in [9.17, 15) is 0 Å². The van der Waals surface area contributed by atoms with E-state index in [1.807, 2.05) is 0 Å². The minimum atomic E-state index is -0.100. The lowest BCUT2D eigenvalue weighted by Crippen LogP contribution is -2.23. The summed E-state index contributed by atoms with van der Waals surface area (Å²) in [6, 6.07) is 0. The minimum absolute atomic E-state index is 0.0665. The highest BCUT2D eigenvalue weighted by molar-refractivity contribution is 5.75. The second-order valence-corrected chi connectivity index (χ2v) is 2.01. The lowest BCUT2D eigenvalue weighted by Gasteiger charge is -1.97. The van der Waals surface area contributed by atoms with Crippen LogP contribution in [0.3, 0.4) is 0 Å². The standard InChI is InChI=1S/C5H14N6O/c6-4(7)10-2-1-3-12-11-5(8)9/h1-3H2,(H4,6,7,10)(H4,8,9,11). The Morgan fingerprint density at radius 2 is 1.75 bits per heavy atom. The zero-order valence-electron chi connectivity index (χ0n) is 6.73. The van der Waals surface area contributed by atoms with Crippen LogP contribution in [0.25, 0.3) is 0 Å². The van der Waals surface area contributed by atoms with Crippen LogP contribution in [0, 0.1) is 0 Å². The van der Waals surface area contributed by atoms with E-state index in [1.54, 1.807) is 0 Å². The van der Waals surface area contributed by atoms with Crippen LogP contribution in [0.4, 0.5) is 0 Å². The topological polar surface area (TPSA) is 138 Å². The number of nitrogens with two attached hydrogens (primary N) is 4. The molecule has 0 aliphatic carbocycles. The van der Waals surface area contributed by atoms with Gasteiger partial charge in [0, 0.05) is 13.0 Å². The van der Waals surface area contributed by atoms with Crippen LogP contribution in [-0.2, 0) is 4.84 Å². The summed E-state index contributed by atoms with van der Waals surface area (Å²) in [5.41, 5.74) is 20.1. The summed E-state index contributed by atoms with van der Waals surface area (Å²) in [6.45, 7) is 0.886. The van der Waals surface area contributed by atoms with E-state index < -0.39 is 0 Å². The van der Waals surface area contributed by atoms with E-state index in [0.29, 0.717) is 19.6 Å². The first-order valence-corrected chi connectivity index (χ1v) is 3.39. The highest BCUT2D eigenvalue weighted by atomic mass is 16.6. The third-order valence-corrected chi connectivity index (χ3v) is 0.858. The summed E-state index contributed by atoms with van der Waals surface area (Å²) >= 11 is 0. The molecule has 0 atom stereocenters. The molecule has 70 valence electrons. The Morgan fingerprint density at radius 3 is 2.25 bits per heavy atom. The second kappa shape index (κ2) is 6.08. The van der Waals surface area contributed by atoms with Crippen LogP contribution in [0.1, 0.15) is 6.42 Å². The van der Waals surface area contributed by atoms with Gasteiger partial charge in [-0.25, -0.2) is 0 Å². The van der Waals surface area contributed by atoms with Gasteiger partial charge >= 0.3 is 0 Å². The molecule has 0 aliphatic rings. The first kappa shape index (κ1) is 10.3. The maximum Gasteiger partial charge on any atom is 0.228 e. The number of aliphatic imine (C=N–C) groups is 1. The Bertz CT molecular complexity index is 149. The van der Waals surface area contributed by atoms with E-state index in [-0.39, 0.29) is 11.9 Å². The van der Waals surface area contributed by atoms with Gasteiger partial charge in [-0.1, -0.05) is 0 Å². The predicted molar refractivity (Wildman–Crippen MR) is 47.1 cm³/mol. The van der Waals surface area contributed by atoms with Gasteiger partial charge in [0.05, 0.1) is 0 Å². The third kappa shape index (κ3) is 8.34. The lowest BCUT2D eigenvalue weighted by molar-refractivity contribution is 0.142. The first-order chi connectivity index (χ1) is 5.63. The fourth-order valence-corrected chi connectivity index (χ4v) is 0.457. The maximum atomic E-state index is 5.07. The SMILES string of the molecule is NC(N)=NCCCON=C(N)N. The second-order valence-electron chi connectivity index (χ2n) is 2.01. The fraction of sp³-hybridized carbons (Fsp3) is 0.600. The summed E-state index contributed by atoms with van der Waals surface area (Å²) in [5.74, 6) is -0.0336. The van der Waals surface area contributed by atoms with Gasteiger partial charge in [0.2, 0.25) is 5.96 Å². The molecule has 0 heterocycles. The van der Waals surface area contributed by atoms with Gasteiger partial charge < -0.3 is 27.8 Å². The van der Waals surface area contributed by atoms with Crippen molar-refractivity contribution in [1.29, 1.82) is 0 Å². The molecule has 0 bridgehead atoms. The molecule has 8 N–H and O–H groups in total. The quantitative estimate of drug-likeness (QED) is 0.163. The van der Waals surface area contributed by atoms with E-state index in [1.165, 1.54) is 0 Å². The average molecular weight is 174 g/mol. The molecule has 0 aromatic rings. The highest BCUT2D eigenvalue weighted by Gasteiger charge is 1.86. The Labute approximate surface area is 70.4 Å². The van der Waals surface area contributed by atoms with E-state index in [4.69, 9.17) is 22.9 Å². The summed E-state index contributed by atoms with van der Waals surface area (Å²) in [7, 11) is 0. The largest absolute Gasteiger partial charge is 0.393 e. The number of rotatable bonds is 5. The van der Waals surface area contributed by atoms with Gasteiger partial charge in [-0.15, -0.1) is 0 Å². The Morgan fingerprint density at radius 1 is 1.08 bits per heavy atom. The van der Waals surface area contributed by atoms with Crippen molar-refractivity contribution >= 4 is 11.9 Å². The van der Waals surface area contributed by atoms with Crippen molar-refractivity contribution in [3.8, 4) is 0 Å². The van der Waals surface area contributed by atoms with Crippen molar-refractivity contribution in [2.75, 3.05) is 13.2 Å². The Kier molecular flexibility index (Phi) is 5.24. The summed E-state index contributed by atoms with van der Waals surface area (Å²) in [5, 5.41) is 3.30. The molecule has 12 heavy (non-hydrogen) atoms. The average Bonchev–Trinajstić information content (AvgIpc) is 1.95. The van der Waals surface area contributed by atoms with Gasteiger partial charge in [0.25, 0.3) is 0 Å². The number of hydrogen-bond acceptors (Lipinski definition) is 3. The minimum Gasteiger partial charge on any atom is -0.393 e. The zero-order chi connectivity index (χ0) is 9.40. The number of oxime groups is 1. The van der Waals surface area contributed by atoms with Gasteiger partial charge in [-0.3, -0.25) is 4.99 Å². The van der Waals surface area contributed by atoms with Crippen molar-refractivity contribution in [2.24, 2.45) is 33.1 Å². The zero-order valence-corrected chi connectivity index (χ0v) is 6.73. The summed E-state index contributed by atoms with van der Waals surface area (Å²) < 4.78 is 0.